The number of hydrogen-bond acceptors (Lipinski definition) is 6. The fraction of sp³-hybridized carbons (Fsp3) is 0.200. The van der Waals surface area contributed by atoms with E-state index in [1.165, 1.54) is 0 Å². The number of H-pyrrole nitrogens is 1. The minimum absolute atomic E-state index is 0.0884. The number of hydrogen-bond donors (Lipinski definition) is 3. The van der Waals surface area contributed by atoms with Crippen molar-refractivity contribution in [3.63, 3.8) is 0 Å². The van der Waals surface area contributed by atoms with Gasteiger partial charge in [-0.2, -0.15) is 0 Å². The number of pyridine rings is 1. The second-order valence-electron chi connectivity index (χ2n) is 7.57. The molecular formula is C25H25N5O3. The maximum Gasteiger partial charge on any atom is 0.294 e. The van der Waals surface area contributed by atoms with Crippen LogP contribution in [0.25, 0.3) is 11.1 Å². The molecule has 3 N–H and O–H groups in total. The normalized spacial score (nSPS) is 10.7. The highest BCUT2D eigenvalue weighted by molar-refractivity contribution is 6.01. The number of rotatable bonds is 9. The molecule has 8 nitrogen and oxygen atoms in total. The van der Waals surface area contributed by atoms with Gasteiger partial charge in [-0.15, -0.1) is 10.2 Å². The van der Waals surface area contributed by atoms with E-state index in [0.717, 1.165) is 28.0 Å². The molecule has 0 radical (unpaired) electrons. The number of amides is 1. The van der Waals surface area contributed by atoms with Crippen LogP contribution in [0.15, 0.2) is 66.9 Å². The van der Waals surface area contributed by atoms with Gasteiger partial charge in [-0.3, -0.25) is 4.79 Å². The second kappa shape index (κ2) is 10.5. The number of aromatic nitrogens is 4. The van der Waals surface area contributed by atoms with Crippen molar-refractivity contribution in [1.82, 2.24) is 20.2 Å². The highest BCUT2D eigenvalue weighted by atomic mass is 16.5. The molecule has 0 aliphatic rings. The molecular weight excluding hydrogens is 418 g/mol. The molecule has 33 heavy (non-hydrogen) atoms. The molecule has 2 aromatic carbocycles. The van der Waals surface area contributed by atoms with Gasteiger partial charge >= 0.3 is 0 Å². The van der Waals surface area contributed by atoms with E-state index < -0.39 is 5.91 Å². The Morgan fingerprint density at radius 1 is 1.09 bits per heavy atom. The van der Waals surface area contributed by atoms with Crippen molar-refractivity contribution in [3.8, 4) is 16.9 Å². The summed E-state index contributed by atoms with van der Waals surface area (Å²) in [5.41, 5.74) is 4.01. The van der Waals surface area contributed by atoms with Gasteiger partial charge in [-0.1, -0.05) is 36.4 Å². The number of anilines is 1. The molecule has 0 aliphatic carbocycles. The summed E-state index contributed by atoms with van der Waals surface area (Å²) in [4.78, 5) is 19.9. The predicted molar refractivity (Wildman–Crippen MR) is 125 cm³/mol. The van der Waals surface area contributed by atoms with Crippen molar-refractivity contribution in [1.29, 1.82) is 0 Å². The molecule has 0 fully saturated rings. The highest BCUT2D eigenvalue weighted by Crippen LogP contribution is 2.29. The molecule has 2 aromatic heterocycles. The van der Waals surface area contributed by atoms with E-state index in [9.17, 15) is 4.79 Å². The monoisotopic (exact) mass is 443 g/mol. The number of ether oxygens (including phenoxy) is 1. The Balaban J connectivity index is 1.46. The molecule has 0 spiro atoms. The third-order valence-corrected chi connectivity index (χ3v) is 5.06. The third-order valence-electron chi connectivity index (χ3n) is 5.06. The Morgan fingerprint density at radius 2 is 1.94 bits per heavy atom. The van der Waals surface area contributed by atoms with Crippen LogP contribution in [0.3, 0.4) is 0 Å². The number of nitrogens with one attached hydrogen (secondary N) is 2. The number of carbonyl (C=O) groups excluding carboxylic acids is 1. The first-order valence-corrected chi connectivity index (χ1v) is 10.7. The van der Waals surface area contributed by atoms with E-state index in [4.69, 9.17) is 9.84 Å². The van der Waals surface area contributed by atoms with Gasteiger partial charge in [0, 0.05) is 25.6 Å². The Kier molecular flexibility index (Phi) is 7.06. The standard InChI is InChI=1S/C25H25N5O3/c1-17-8-9-20(33-13-5-12-31)16-21(17)19-10-11-26-22(15-19)28-25(32)24-27-23(29-30-24)14-18-6-3-2-4-7-18/h2-4,6-11,15-16,31H,5,12-14H2,1H3,(H,26,28,32)(H,27,29,30). The van der Waals surface area contributed by atoms with Crippen molar-refractivity contribution in [3.05, 3.63) is 89.6 Å². The van der Waals surface area contributed by atoms with Crippen LogP contribution in [0, 0.1) is 6.92 Å². The second-order valence-corrected chi connectivity index (χ2v) is 7.57. The topological polar surface area (TPSA) is 113 Å². The number of nitrogens with zero attached hydrogens (tertiary/aromatic N) is 3. The van der Waals surface area contributed by atoms with Crippen LogP contribution in [0.1, 0.15) is 34.0 Å². The summed E-state index contributed by atoms with van der Waals surface area (Å²) in [6.07, 6.45) is 2.78. The SMILES string of the molecule is Cc1ccc(OCCCO)cc1-c1ccnc(NC(=O)c2nnc(Cc3ccccc3)[nH]2)c1. The summed E-state index contributed by atoms with van der Waals surface area (Å²) in [6, 6.07) is 19.3. The van der Waals surface area contributed by atoms with Crippen molar-refractivity contribution >= 4 is 11.7 Å². The average Bonchev–Trinajstić information content (AvgIpc) is 3.30. The van der Waals surface area contributed by atoms with Gasteiger partial charge in [-0.25, -0.2) is 4.98 Å². The summed E-state index contributed by atoms with van der Waals surface area (Å²) in [7, 11) is 0. The zero-order chi connectivity index (χ0) is 23.0. The minimum Gasteiger partial charge on any atom is -0.493 e. The van der Waals surface area contributed by atoms with E-state index in [0.29, 0.717) is 31.1 Å². The maximum absolute atomic E-state index is 12.7. The Morgan fingerprint density at radius 3 is 2.76 bits per heavy atom. The van der Waals surface area contributed by atoms with E-state index in [1.54, 1.807) is 12.3 Å². The zero-order valence-electron chi connectivity index (χ0n) is 18.3. The van der Waals surface area contributed by atoms with E-state index >= 15 is 0 Å². The number of carbonyl (C=O) groups is 1. The van der Waals surface area contributed by atoms with Crippen LogP contribution >= 0.6 is 0 Å². The molecule has 0 saturated carbocycles. The number of aromatic amines is 1. The van der Waals surface area contributed by atoms with Crippen LogP contribution in [-0.4, -0.2) is 44.4 Å². The molecule has 0 bridgehead atoms. The number of aryl methyl sites for hydroxylation is 1. The molecule has 0 saturated heterocycles. The van der Waals surface area contributed by atoms with Gasteiger partial charge in [0.15, 0.2) is 0 Å². The molecule has 2 heterocycles. The molecule has 168 valence electrons. The van der Waals surface area contributed by atoms with Crippen molar-refractivity contribution in [2.24, 2.45) is 0 Å². The lowest BCUT2D eigenvalue weighted by molar-refractivity contribution is 0.101. The van der Waals surface area contributed by atoms with Gasteiger partial charge in [-0.05, 0) is 53.4 Å². The van der Waals surface area contributed by atoms with Crippen LogP contribution in [-0.2, 0) is 6.42 Å². The van der Waals surface area contributed by atoms with Crippen molar-refractivity contribution < 1.29 is 14.6 Å². The van der Waals surface area contributed by atoms with Crippen LogP contribution < -0.4 is 10.1 Å². The molecule has 1 amide bonds. The first kappa shape index (κ1) is 22.2. The smallest absolute Gasteiger partial charge is 0.294 e. The predicted octanol–water partition coefficient (Wildman–Crippen LogP) is 3.78. The van der Waals surface area contributed by atoms with Gasteiger partial charge < -0.3 is 20.1 Å². The summed E-state index contributed by atoms with van der Waals surface area (Å²) < 4.78 is 5.70. The van der Waals surface area contributed by atoms with Gasteiger partial charge in [0.25, 0.3) is 5.91 Å². The molecule has 0 aliphatic heterocycles. The number of benzene rings is 2. The van der Waals surface area contributed by atoms with Crippen LogP contribution in [0.4, 0.5) is 5.82 Å². The summed E-state index contributed by atoms with van der Waals surface area (Å²) in [5.74, 6) is 1.46. The molecule has 0 unspecified atom stereocenters. The van der Waals surface area contributed by atoms with Gasteiger partial charge in [0.2, 0.25) is 5.82 Å². The lowest BCUT2D eigenvalue weighted by Crippen LogP contribution is -2.14. The van der Waals surface area contributed by atoms with Crippen molar-refractivity contribution in [2.45, 2.75) is 19.8 Å². The third kappa shape index (κ3) is 5.81. The van der Waals surface area contributed by atoms with Gasteiger partial charge in [0.1, 0.15) is 17.4 Å². The fourth-order valence-electron chi connectivity index (χ4n) is 3.37. The zero-order valence-corrected chi connectivity index (χ0v) is 18.3. The molecule has 4 aromatic rings. The molecule has 4 rings (SSSR count). The Hall–Kier alpha value is -4.04. The number of aliphatic hydroxyl groups is 1. The summed E-state index contributed by atoms with van der Waals surface area (Å²) in [5, 5.41) is 19.8. The first-order valence-electron chi connectivity index (χ1n) is 10.7. The van der Waals surface area contributed by atoms with Crippen molar-refractivity contribution in [2.75, 3.05) is 18.5 Å². The lowest BCUT2D eigenvalue weighted by atomic mass is 10.0. The first-order chi connectivity index (χ1) is 16.1. The quantitative estimate of drug-likeness (QED) is 0.339. The van der Waals surface area contributed by atoms with E-state index in [2.05, 4.69) is 25.5 Å². The Bertz CT molecular complexity index is 1220. The molecule has 0 atom stereocenters. The molecule has 8 heteroatoms. The lowest BCUT2D eigenvalue weighted by Gasteiger charge is -2.11. The largest absolute Gasteiger partial charge is 0.493 e. The van der Waals surface area contributed by atoms with E-state index in [-0.39, 0.29) is 12.4 Å². The number of aliphatic hydroxyl groups excluding tert-OH is 1. The fourth-order valence-corrected chi connectivity index (χ4v) is 3.37. The van der Waals surface area contributed by atoms with E-state index in [1.807, 2.05) is 61.5 Å². The van der Waals surface area contributed by atoms with Crippen LogP contribution in [0.5, 0.6) is 5.75 Å². The maximum atomic E-state index is 12.7. The minimum atomic E-state index is -0.413. The van der Waals surface area contributed by atoms with Crippen LogP contribution in [0.2, 0.25) is 0 Å². The Labute approximate surface area is 191 Å². The highest BCUT2D eigenvalue weighted by Gasteiger charge is 2.14. The summed E-state index contributed by atoms with van der Waals surface area (Å²) in [6.45, 7) is 2.54. The summed E-state index contributed by atoms with van der Waals surface area (Å²) >= 11 is 0. The van der Waals surface area contributed by atoms with Gasteiger partial charge in [0.05, 0.1) is 6.61 Å². The average molecular weight is 444 g/mol.